The lowest BCUT2D eigenvalue weighted by Crippen LogP contribution is -2.10. The summed E-state index contributed by atoms with van der Waals surface area (Å²) in [6.07, 6.45) is 13.0. The maximum Gasteiger partial charge on any atom is 0.137 e. The second kappa shape index (κ2) is 18.9. The molecule has 84 heavy (non-hydrogen) atoms. The highest BCUT2D eigenvalue weighted by atomic mass is 16.3. The topological polar surface area (TPSA) is 59.0 Å². The van der Waals surface area contributed by atoms with E-state index in [2.05, 4.69) is 228 Å². The monoisotopic (exact) mass is 1090 g/mol. The first-order valence-corrected chi connectivity index (χ1v) is 30.3. The van der Waals surface area contributed by atoms with Gasteiger partial charge >= 0.3 is 0 Å². The molecule has 2 aliphatic carbocycles. The number of hydrogen-bond donors (Lipinski definition) is 0. The summed E-state index contributed by atoms with van der Waals surface area (Å²) < 4.78 is 27.1. The molecule has 12 aromatic carbocycles. The summed E-state index contributed by atoms with van der Waals surface area (Å²) in [5.74, 6) is 1.24. The third kappa shape index (κ3) is 7.69. The Labute approximate surface area is 484 Å². The summed E-state index contributed by atoms with van der Waals surface area (Å²) in [5.41, 5.74) is 16.0. The number of rotatable bonds is 8. The molecule has 6 heteroatoms. The van der Waals surface area contributed by atoms with Crippen LogP contribution in [0.2, 0.25) is 0 Å². The molecule has 0 spiro atoms. The van der Waals surface area contributed by atoms with E-state index in [0.717, 1.165) is 133 Å². The third-order valence-electron chi connectivity index (χ3n) is 19.2. The average Bonchev–Trinajstić information content (AvgIpc) is 3.40. The van der Waals surface area contributed by atoms with E-state index in [1.165, 1.54) is 96.9 Å². The molecule has 404 valence electrons. The minimum Gasteiger partial charge on any atom is -0.456 e. The van der Waals surface area contributed by atoms with Crippen LogP contribution in [0.3, 0.4) is 0 Å². The van der Waals surface area contributed by atoms with E-state index in [1.54, 1.807) is 0 Å². The van der Waals surface area contributed by atoms with Crippen LogP contribution < -0.4 is 9.80 Å². The molecular weight excluding hydrogens is 1030 g/mol. The van der Waals surface area contributed by atoms with Crippen LogP contribution in [0.15, 0.2) is 236 Å². The molecule has 16 aromatic rings. The lowest BCUT2D eigenvalue weighted by atomic mass is 9.84. The summed E-state index contributed by atoms with van der Waals surface area (Å²) in [5, 5.41) is 15.8. The predicted molar refractivity (Wildman–Crippen MR) is 349 cm³/mol. The van der Waals surface area contributed by atoms with Gasteiger partial charge in [0.05, 0.1) is 0 Å². The first-order valence-electron chi connectivity index (χ1n) is 30.3. The zero-order valence-electron chi connectivity index (χ0n) is 46.5. The molecule has 0 bridgehead atoms. The molecule has 0 radical (unpaired) electrons. The second-order valence-corrected chi connectivity index (χ2v) is 24.0. The highest BCUT2D eigenvalue weighted by molar-refractivity contribution is 6.21. The van der Waals surface area contributed by atoms with Crippen LogP contribution in [-0.4, -0.2) is 0 Å². The number of benzene rings is 12. The lowest BCUT2D eigenvalue weighted by Gasteiger charge is -2.27. The number of nitrogens with zero attached hydrogens (tertiary/aromatic N) is 2. The van der Waals surface area contributed by atoms with E-state index < -0.39 is 0 Å². The maximum absolute atomic E-state index is 6.90. The summed E-state index contributed by atoms with van der Waals surface area (Å²) in [7, 11) is 0. The van der Waals surface area contributed by atoms with E-state index in [4.69, 9.17) is 17.7 Å². The molecular formula is C78H58N2O4. The van der Waals surface area contributed by atoms with Crippen LogP contribution in [0.5, 0.6) is 0 Å². The average molecular weight is 1090 g/mol. The second-order valence-electron chi connectivity index (χ2n) is 24.0. The van der Waals surface area contributed by atoms with E-state index in [0.29, 0.717) is 11.8 Å². The van der Waals surface area contributed by atoms with Gasteiger partial charge in [-0.05, 0) is 190 Å². The Hall–Kier alpha value is -9.78. The smallest absolute Gasteiger partial charge is 0.137 e. The first kappa shape index (κ1) is 47.8. The Balaban J connectivity index is 0.722. The van der Waals surface area contributed by atoms with Crippen molar-refractivity contribution in [1.82, 2.24) is 0 Å². The van der Waals surface area contributed by atoms with Crippen molar-refractivity contribution in [3.8, 4) is 0 Å². The fourth-order valence-corrected chi connectivity index (χ4v) is 15.0. The van der Waals surface area contributed by atoms with Crippen molar-refractivity contribution in [2.24, 2.45) is 0 Å². The van der Waals surface area contributed by atoms with Gasteiger partial charge in [0.25, 0.3) is 0 Å². The highest BCUT2D eigenvalue weighted by Gasteiger charge is 2.24. The fourth-order valence-electron chi connectivity index (χ4n) is 15.0. The van der Waals surface area contributed by atoms with Crippen molar-refractivity contribution in [3.63, 3.8) is 0 Å². The van der Waals surface area contributed by atoms with Gasteiger partial charge in [-0.1, -0.05) is 123 Å². The highest BCUT2D eigenvalue weighted by Crippen LogP contribution is 2.47. The Morgan fingerprint density at radius 2 is 0.583 bits per heavy atom. The quantitative estimate of drug-likeness (QED) is 0.151. The molecule has 0 unspecified atom stereocenters. The van der Waals surface area contributed by atoms with Crippen molar-refractivity contribution in [3.05, 3.63) is 230 Å². The van der Waals surface area contributed by atoms with Crippen molar-refractivity contribution in [1.29, 1.82) is 0 Å². The molecule has 4 heterocycles. The molecule has 0 N–H and O–H groups in total. The van der Waals surface area contributed by atoms with Gasteiger partial charge in [0.2, 0.25) is 0 Å². The van der Waals surface area contributed by atoms with Crippen LogP contribution in [0.4, 0.5) is 34.1 Å². The van der Waals surface area contributed by atoms with Gasteiger partial charge < -0.3 is 27.5 Å². The summed E-state index contributed by atoms with van der Waals surface area (Å²) in [6, 6.07) is 79.8. The molecule has 0 amide bonds. The molecule has 0 saturated heterocycles. The summed E-state index contributed by atoms with van der Waals surface area (Å²) in [6.45, 7) is 0. The molecule has 2 saturated carbocycles. The number of fused-ring (bicyclic) bond motifs is 17. The van der Waals surface area contributed by atoms with Gasteiger partial charge in [0, 0.05) is 101 Å². The molecule has 18 rings (SSSR count). The molecule has 2 fully saturated rings. The van der Waals surface area contributed by atoms with Crippen molar-refractivity contribution < 1.29 is 17.7 Å². The van der Waals surface area contributed by atoms with Crippen LogP contribution in [0, 0.1) is 0 Å². The van der Waals surface area contributed by atoms with Gasteiger partial charge in [0.15, 0.2) is 0 Å². The van der Waals surface area contributed by atoms with E-state index >= 15 is 0 Å². The Morgan fingerprint density at radius 3 is 1.00 bits per heavy atom. The fraction of sp³-hybridized carbons (Fsp3) is 0.154. The zero-order chi connectivity index (χ0) is 55.0. The predicted octanol–water partition coefficient (Wildman–Crippen LogP) is 23.8. The van der Waals surface area contributed by atoms with Crippen LogP contribution in [0.25, 0.3) is 120 Å². The van der Waals surface area contributed by atoms with Crippen LogP contribution in [-0.2, 0) is 0 Å². The SMILES string of the molecule is c1ccc2c(c1)ccc1oc3cc(N(c4ccc(C5CCCCC5)cc4)c4ccc5c(c4)oc4cc6cc7c(cc6cc45)oc4cc(N(c5ccc(C6CCCCC6)cc5)c5ccc6c(c5)oc5ccc8ccccc8c56)ccc47)ccc3c12. The van der Waals surface area contributed by atoms with E-state index in [1.807, 2.05) is 0 Å². The number of furan rings is 4. The normalized spacial score (nSPS) is 14.8. The number of anilines is 6. The molecule has 4 aromatic heterocycles. The van der Waals surface area contributed by atoms with Crippen LogP contribution >= 0.6 is 0 Å². The minimum absolute atomic E-state index is 0.621. The molecule has 6 nitrogen and oxygen atoms in total. The Kier molecular flexibility index (Phi) is 10.7. The third-order valence-corrected chi connectivity index (χ3v) is 19.2. The van der Waals surface area contributed by atoms with Crippen molar-refractivity contribution >= 4 is 154 Å². The molecule has 0 aliphatic heterocycles. The van der Waals surface area contributed by atoms with Crippen molar-refractivity contribution in [2.45, 2.75) is 76.0 Å². The van der Waals surface area contributed by atoms with Gasteiger partial charge in [-0.2, -0.15) is 0 Å². The molecule has 2 aliphatic rings. The van der Waals surface area contributed by atoms with Gasteiger partial charge in [-0.3, -0.25) is 0 Å². The van der Waals surface area contributed by atoms with Crippen molar-refractivity contribution in [2.75, 3.05) is 9.80 Å². The van der Waals surface area contributed by atoms with E-state index in [9.17, 15) is 0 Å². The molecule has 0 atom stereocenters. The Morgan fingerprint density at radius 1 is 0.238 bits per heavy atom. The lowest BCUT2D eigenvalue weighted by molar-refractivity contribution is 0.443. The maximum atomic E-state index is 6.90. The summed E-state index contributed by atoms with van der Waals surface area (Å²) in [4.78, 5) is 4.69. The standard InChI is InChI=1S/C78H58N2O4/c1-3-11-47(12-4-1)49-19-25-55(26-20-49)79(59-31-35-65-75(45-59)81-69-37-23-51-15-7-9-17-61(51)77(65)69)57-29-33-63-67-39-53-42-72-68(40-54(53)41-71(67)83-73(63)43-57)64-34-30-58(44-74(64)84-72)80(56-27-21-50(22-28-56)48-13-5-2-6-14-48)60-32-36-66-76(46-60)82-70-38-24-52-16-8-10-18-62(52)78(66)70/h7-10,15-48H,1-6,11-14H2. The Bertz CT molecular complexity index is 4960. The zero-order valence-corrected chi connectivity index (χ0v) is 46.5. The van der Waals surface area contributed by atoms with E-state index in [-0.39, 0.29) is 0 Å². The van der Waals surface area contributed by atoms with Gasteiger partial charge in [-0.25, -0.2) is 0 Å². The largest absolute Gasteiger partial charge is 0.456 e. The van der Waals surface area contributed by atoms with Gasteiger partial charge in [0.1, 0.15) is 44.7 Å². The summed E-state index contributed by atoms with van der Waals surface area (Å²) >= 11 is 0. The minimum atomic E-state index is 0.621. The van der Waals surface area contributed by atoms with Crippen LogP contribution in [0.1, 0.15) is 87.2 Å². The van der Waals surface area contributed by atoms with Gasteiger partial charge in [-0.15, -0.1) is 0 Å². The first-order chi connectivity index (χ1) is 41.6. The number of hydrogen-bond acceptors (Lipinski definition) is 6.